The summed E-state index contributed by atoms with van der Waals surface area (Å²) in [6, 6.07) is 7.38. The first kappa shape index (κ1) is 15.0. The second-order valence-corrected chi connectivity index (χ2v) is 6.19. The molecule has 0 radical (unpaired) electrons. The first-order valence-electron chi connectivity index (χ1n) is 8.04. The number of amides is 1. The molecule has 1 aromatic rings. The minimum atomic E-state index is -0.418. The zero-order chi connectivity index (χ0) is 15.5. The normalized spacial score (nSPS) is 25.0. The van der Waals surface area contributed by atoms with E-state index in [0.717, 1.165) is 50.0 Å². The number of hydrogen-bond donors (Lipinski definition) is 2. The maximum absolute atomic E-state index is 12.3. The van der Waals surface area contributed by atoms with Crippen LogP contribution in [0.25, 0.3) is 0 Å². The third-order valence-corrected chi connectivity index (χ3v) is 4.45. The van der Waals surface area contributed by atoms with Crippen LogP contribution in [0.1, 0.15) is 49.4 Å². The lowest BCUT2D eigenvalue weighted by Crippen LogP contribution is -2.45. The van der Waals surface area contributed by atoms with E-state index in [4.69, 9.17) is 0 Å². The number of anilines is 1. The predicted octanol–water partition coefficient (Wildman–Crippen LogP) is 2.31. The molecule has 1 aliphatic carbocycles. The van der Waals surface area contributed by atoms with Gasteiger partial charge < -0.3 is 10.4 Å². The highest BCUT2D eigenvalue weighted by Crippen LogP contribution is 2.21. The van der Waals surface area contributed by atoms with Crippen molar-refractivity contribution < 1.29 is 9.90 Å². The number of hydrazone groups is 1. The van der Waals surface area contributed by atoms with Crippen molar-refractivity contribution in [1.29, 1.82) is 0 Å². The molecule has 0 saturated heterocycles. The lowest BCUT2D eigenvalue weighted by Gasteiger charge is -2.28. The van der Waals surface area contributed by atoms with E-state index in [9.17, 15) is 9.90 Å². The fraction of sp³-hybridized carbons (Fsp3) is 0.529. The first-order valence-corrected chi connectivity index (χ1v) is 8.04. The van der Waals surface area contributed by atoms with E-state index in [0.29, 0.717) is 5.56 Å². The van der Waals surface area contributed by atoms with Crippen LogP contribution in [0.5, 0.6) is 0 Å². The molecule has 5 nitrogen and oxygen atoms in total. The summed E-state index contributed by atoms with van der Waals surface area (Å²) in [7, 11) is 0. The van der Waals surface area contributed by atoms with Crippen molar-refractivity contribution in [2.24, 2.45) is 5.10 Å². The Kier molecular flexibility index (Phi) is 4.43. The maximum atomic E-state index is 12.3. The highest BCUT2D eigenvalue weighted by Gasteiger charge is 2.24. The van der Waals surface area contributed by atoms with Gasteiger partial charge in [-0.2, -0.15) is 5.10 Å². The standard InChI is InChI=1S/C17H23N3O2/c1-12-10-11-20(19-12)14-8-6-13(7-9-14)17(22)18-15-4-2-3-5-16(15)21/h6-9,15-16,21H,2-5,10-11H2,1H3,(H,18,22). The van der Waals surface area contributed by atoms with Gasteiger partial charge in [-0.25, -0.2) is 0 Å². The molecule has 0 aromatic heterocycles. The molecule has 1 aromatic carbocycles. The van der Waals surface area contributed by atoms with Crippen LogP contribution in [-0.4, -0.2) is 35.4 Å². The average molecular weight is 301 g/mol. The number of hydrogen-bond acceptors (Lipinski definition) is 4. The Bertz CT molecular complexity index is 568. The number of carbonyl (C=O) groups excluding carboxylic acids is 1. The number of benzene rings is 1. The highest BCUT2D eigenvalue weighted by molar-refractivity contribution is 5.95. The summed E-state index contributed by atoms with van der Waals surface area (Å²) in [6.07, 6.45) is 4.30. The molecular weight excluding hydrogens is 278 g/mol. The van der Waals surface area contributed by atoms with Gasteiger partial charge in [-0.05, 0) is 44.0 Å². The van der Waals surface area contributed by atoms with Crippen molar-refractivity contribution in [1.82, 2.24) is 5.32 Å². The molecule has 118 valence electrons. The van der Waals surface area contributed by atoms with E-state index in [2.05, 4.69) is 10.4 Å². The number of rotatable bonds is 3. The topological polar surface area (TPSA) is 64.9 Å². The number of carbonyl (C=O) groups is 1. The van der Waals surface area contributed by atoms with E-state index in [1.54, 1.807) is 0 Å². The van der Waals surface area contributed by atoms with Crippen molar-refractivity contribution in [3.63, 3.8) is 0 Å². The van der Waals surface area contributed by atoms with Gasteiger partial charge in [-0.15, -0.1) is 0 Å². The van der Waals surface area contributed by atoms with Gasteiger partial charge in [0.25, 0.3) is 5.91 Å². The van der Waals surface area contributed by atoms with Gasteiger partial charge in [0.05, 0.1) is 17.8 Å². The second kappa shape index (κ2) is 6.48. The van der Waals surface area contributed by atoms with Gasteiger partial charge in [-0.3, -0.25) is 9.80 Å². The van der Waals surface area contributed by atoms with Crippen LogP contribution in [0.2, 0.25) is 0 Å². The molecule has 1 fully saturated rings. The minimum Gasteiger partial charge on any atom is -0.391 e. The molecule has 1 aliphatic heterocycles. The van der Waals surface area contributed by atoms with Gasteiger partial charge in [0, 0.05) is 24.2 Å². The third-order valence-electron chi connectivity index (χ3n) is 4.45. The molecule has 1 saturated carbocycles. The predicted molar refractivity (Wildman–Crippen MR) is 87.2 cm³/mol. The zero-order valence-corrected chi connectivity index (χ0v) is 13.0. The first-order chi connectivity index (χ1) is 10.6. The van der Waals surface area contributed by atoms with E-state index in [1.807, 2.05) is 36.2 Å². The fourth-order valence-electron chi connectivity index (χ4n) is 3.08. The Balaban J connectivity index is 1.63. The van der Waals surface area contributed by atoms with E-state index in [1.165, 1.54) is 0 Å². The molecular formula is C17H23N3O2. The fourth-order valence-corrected chi connectivity index (χ4v) is 3.08. The molecule has 5 heteroatoms. The van der Waals surface area contributed by atoms with E-state index in [-0.39, 0.29) is 11.9 Å². The number of aliphatic hydroxyl groups excluding tert-OH is 1. The highest BCUT2D eigenvalue weighted by atomic mass is 16.3. The summed E-state index contributed by atoms with van der Waals surface area (Å²) in [5, 5.41) is 19.3. The lowest BCUT2D eigenvalue weighted by molar-refractivity contribution is 0.0717. The van der Waals surface area contributed by atoms with Crippen molar-refractivity contribution in [3.05, 3.63) is 29.8 Å². The molecule has 1 amide bonds. The summed E-state index contributed by atoms with van der Waals surface area (Å²) in [4.78, 5) is 12.3. The minimum absolute atomic E-state index is 0.112. The van der Waals surface area contributed by atoms with Crippen LogP contribution in [0.4, 0.5) is 5.69 Å². The molecule has 2 atom stereocenters. The lowest BCUT2D eigenvalue weighted by atomic mass is 9.92. The largest absolute Gasteiger partial charge is 0.391 e. The summed E-state index contributed by atoms with van der Waals surface area (Å²) in [5.41, 5.74) is 2.76. The second-order valence-electron chi connectivity index (χ2n) is 6.19. The van der Waals surface area contributed by atoms with Gasteiger partial charge in [0.1, 0.15) is 0 Å². The van der Waals surface area contributed by atoms with Crippen LogP contribution in [0.15, 0.2) is 29.4 Å². The van der Waals surface area contributed by atoms with Crippen molar-refractivity contribution in [3.8, 4) is 0 Å². The smallest absolute Gasteiger partial charge is 0.251 e. The van der Waals surface area contributed by atoms with Crippen LogP contribution < -0.4 is 10.3 Å². The Labute approximate surface area is 131 Å². The molecule has 1 heterocycles. The summed E-state index contributed by atoms with van der Waals surface area (Å²) in [6.45, 7) is 2.92. The SMILES string of the molecule is CC1=NN(c2ccc(C(=O)NC3CCCCC3O)cc2)CC1. The van der Waals surface area contributed by atoms with Crippen LogP contribution in [0.3, 0.4) is 0 Å². The zero-order valence-electron chi connectivity index (χ0n) is 13.0. The molecule has 22 heavy (non-hydrogen) atoms. The molecule has 0 bridgehead atoms. The summed E-state index contributed by atoms with van der Waals surface area (Å²) >= 11 is 0. The number of nitrogens with one attached hydrogen (secondary N) is 1. The van der Waals surface area contributed by atoms with Crippen molar-refractivity contribution in [2.45, 2.75) is 51.2 Å². The number of aliphatic hydroxyl groups is 1. The van der Waals surface area contributed by atoms with Gasteiger partial charge >= 0.3 is 0 Å². The average Bonchev–Trinajstić information content (AvgIpc) is 2.96. The number of nitrogens with zero attached hydrogens (tertiary/aromatic N) is 2. The van der Waals surface area contributed by atoms with Crippen LogP contribution in [0, 0.1) is 0 Å². The van der Waals surface area contributed by atoms with Crippen LogP contribution in [-0.2, 0) is 0 Å². The van der Waals surface area contributed by atoms with E-state index < -0.39 is 6.10 Å². The molecule has 2 aliphatic rings. The quantitative estimate of drug-likeness (QED) is 0.900. The summed E-state index contributed by atoms with van der Waals surface area (Å²) in [5.74, 6) is -0.112. The van der Waals surface area contributed by atoms with Crippen molar-refractivity contribution >= 4 is 17.3 Å². The monoisotopic (exact) mass is 301 g/mol. The van der Waals surface area contributed by atoms with Gasteiger partial charge in [0.2, 0.25) is 0 Å². The van der Waals surface area contributed by atoms with Gasteiger partial charge in [0.15, 0.2) is 0 Å². The third kappa shape index (κ3) is 3.30. The van der Waals surface area contributed by atoms with E-state index >= 15 is 0 Å². The Morgan fingerprint density at radius 2 is 2.00 bits per heavy atom. The molecule has 2 unspecified atom stereocenters. The van der Waals surface area contributed by atoms with Crippen molar-refractivity contribution in [2.75, 3.05) is 11.6 Å². The van der Waals surface area contributed by atoms with Gasteiger partial charge in [-0.1, -0.05) is 12.8 Å². The van der Waals surface area contributed by atoms with Crippen LogP contribution >= 0.6 is 0 Å². The molecule has 0 spiro atoms. The summed E-state index contributed by atoms with van der Waals surface area (Å²) < 4.78 is 0. The molecule has 2 N–H and O–H groups in total. The Morgan fingerprint density at radius 3 is 2.64 bits per heavy atom. The Hall–Kier alpha value is -1.88. The Morgan fingerprint density at radius 1 is 1.27 bits per heavy atom. The molecule has 3 rings (SSSR count). The maximum Gasteiger partial charge on any atom is 0.251 e.